The van der Waals surface area contributed by atoms with Crippen molar-refractivity contribution in [2.75, 3.05) is 12.9 Å². The summed E-state index contributed by atoms with van der Waals surface area (Å²) in [7, 11) is -2.19. The van der Waals surface area contributed by atoms with Gasteiger partial charge in [-0.1, -0.05) is 51.3 Å². The molecule has 5 rings (SSSR count). The fourth-order valence-corrected chi connectivity index (χ4v) is 8.58. The average Bonchev–Trinajstić information content (AvgIpc) is 3.76. The number of sulfone groups is 1. The van der Waals surface area contributed by atoms with Gasteiger partial charge in [-0.2, -0.15) is 0 Å². The highest BCUT2D eigenvalue weighted by Crippen LogP contribution is 2.32. The number of hydrogen-bond acceptors (Lipinski definition) is 6. The van der Waals surface area contributed by atoms with E-state index in [1.54, 1.807) is 31.2 Å². The van der Waals surface area contributed by atoms with Gasteiger partial charge in [0.05, 0.1) is 23.5 Å². The zero-order chi connectivity index (χ0) is 38.6. The maximum absolute atomic E-state index is 13.2. The molecule has 1 fully saturated rings. The largest absolute Gasteiger partial charge is 0.469 e. The number of carbonyl (C=O) groups excluding carboxylic acids is 3. The smallest absolute Gasteiger partial charge is 0.305 e. The zero-order valence-electron chi connectivity index (χ0n) is 32.2. The lowest BCUT2D eigenvalue weighted by molar-refractivity contribution is -0.140. The molecule has 10 nitrogen and oxygen atoms in total. The fourth-order valence-electron chi connectivity index (χ4n) is 7.32. The van der Waals surface area contributed by atoms with Gasteiger partial charge in [-0.3, -0.25) is 14.4 Å². The number of carbonyl (C=O) groups is 3. The number of aliphatic imine (C=N–C) groups is 1. The Kier molecular flexibility index (Phi) is 12.3. The number of aryl methyl sites for hydroxylation is 1. The van der Waals surface area contributed by atoms with Crippen LogP contribution in [-0.2, 0) is 41.8 Å². The third kappa shape index (κ3) is 8.56. The molecule has 0 aliphatic carbocycles. The van der Waals surface area contributed by atoms with E-state index in [0.29, 0.717) is 23.3 Å². The quantitative estimate of drug-likeness (QED) is 0.183. The predicted molar refractivity (Wildman–Crippen MR) is 209 cm³/mol. The Labute approximate surface area is 312 Å². The standard InChI is InChI=1S/C42H52N4O6S/c1-9-11-30-25(4)35(22-39-32(28(7)41(48)46-39)19-20-53(50,51)29-15-13-24(3)14-16-29)44-37(30)23-38-31(17-18-40(47)52-8)26(5)34(43-38)21-36-27(6)33(12-10-2)42(49)45-36/h13-16,21-23,27,33,43-44H,9-12,17-20H2,1-8H3,(H,45,49)/b35-22?,36-21-,37-23-. The molecule has 3 aromatic rings. The molecule has 1 aromatic carbocycles. The Morgan fingerprint density at radius 1 is 0.868 bits per heavy atom. The van der Waals surface area contributed by atoms with Crippen molar-refractivity contribution in [2.45, 2.75) is 98.3 Å². The summed E-state index contributed by atoms with van der Waals surface area (Å²) >= 11 is 0. The van der Waals surface area contributed by atoms with Crippen LogP contribution in [0.2, 0.25) is 0 Å². The fraction of sp³-hybridized carbons (Fsp3) is 0.429. The number of allylic oxidation sites excluding steroid dienone is 2. The van der Waals surface area contributed by atoms with Crippen LogP contribution in [-0.4, -0.2) is 54.7 Å². The molecule has 2 atom stereocenters. The lowest BCUT2D eigenvalue weighted by atomic mass is 9.90. The topological polar surface area (TPSA) is 151 Å². The first-order valence-electron chi connectivity index (χ1n) is 18.5. The number of aromatic amines is 2. The van der Waals surface area contributed by atoms with E-state index in [1.807, 2.05) is 32.9 Å². The molecule has 0 spiro atoms. The van der Waals surface area contributed by atoms with Crippen molar-refractivity contribution in [3.8, 4) is 0 Å². The summed E-state index contributed by atoms with van der Waals surface area (Å²) in [4.78, 5) is 49.6. The number of esters is 1. The van der Waals surface area contributed by atoms with Gasteiger partial charge in [0.1, 0.15) is 0 Å². The van der Waals surface area contributed by atoms with Crippen molar-refractivity contribution in [3.05, 3.63) is 91.0 Å². The van der Waals surface area contributed by atoms with E-state index in [-0.39, 0.29) is 53.1 Å². The molecular formula is C42H52N4O6S. The minimum absolute atomic E-state index is 0.0528. The lowest BCUT2D eigenvalue weighted by Crippen LogP contribution is -2.18. The molecule has 2 unspecified atom stereocenters. The van der Waals surface area contributed by atoms with Gasteiger partial charge >= 0.3 is 5.97 Å². The Balaban J connectivity index is 1.55. The first-order chi connectivity index (χ1) is 25.2. The molecule has 3 N–H and O–H groups in total. The van der Waals surface area contributed by atoms with Crippen LogP contribution in [0.3, 0.4) is 0 Å². The Hall–Kier alpha value is -4.77. The molecule has 2 aliphatic rings. The number of nitrogens with zero attached hydrogens (tertiary/aromatic N) is 1. The van der Waals surface area contributed by atoms with Gasteiger partial charge in [0.15, 0.2) is 9.84 Å². The average molecular weight is 741 g/mol. The maximum Gasteiger partial charge on any atom is 0.305 e. The van der Waals surface area contributed by atoms with E-state index in [1.165, 1.54) is 7.11 Å². The monoisotopic (exact) mass is 740 g/mol. The predicted octanol–water partition coefficient (Wildman–Crippen LogP) is 5.62. The number of nitrogens with one attached hydrogen (secondary N) is 3. The van der Waals surface area contributed by atoms with Crippen molar-refractivity contribution < 1.29 is 27.5 Å². The van der Waals surface area contributed by atoms with Gasteiger partial charge in [0.25, 0.3) is 5.91 Å². The highest BCUT2D eigenvalue weighted by molar-refractivity contribution is 7.91. The molecule has 4 heterocycles. The molecule has 1 saturated heterocycles. The van der Waals surface area contributed by atoms with Crippen LogP contribution < -0.4 is 16.0 Å². The summed E-state index contributed by atoms with van der Waals surface area (Å²) in [5.74, 6) is -0.753. The normalized spacial score (nSPS) is 19.2. The highest BCUT2D eigenvalue weighted by atomic mass is 32.2. The van der Waals surface area contributed by atoms with E-state index in [4.69, 9.17) is 4.74 Å². The van der Waals surface area contributed by atoms with Gasteiger partial charge in [-0.25, -0.2) is 13.4 Å². The summed E-state index contributed by atoms with van der Waals surface area (Å²) < 4.78 is 31.4. The molecule has 0 bridgehead atoms. The van der Waals surface area contributed by atoms with Crippen molar-refractivity contribution in [1.82, 2.24) is 15.3 Å². The first-order valence-corrected chi connectivity index (χ1v) is 20.2. The Morgan fingerprint density at radius 2 is 1.58 bits per heavy atom. The summed E-state index contributed by atoms with van der Waals surface area (Å²) in [6.07, 6.45) is 10.2. The third-order valence-corrected chi connectivity index (χ3v) is 12.4. The van der Waals surface area contributed by atoms with E-state index >= 15 is 0 Å². The van der Waals surface area contributed by atoms with E-state index in [0.717, 1.165) is 81.3 Å². The van der Waals surface area contributed by atoms with E-state index in [9.17, 15) is 22.8 Å². The Bertz CT molecular complexity index is 2250. The van der Waals surface area contributed by atoms with Crippen LogP contribution in [0, 0.1) is 32.6 Å². The van der Waals surface area contributed by atoms with E-state index < -0.39 is 9.84 Å². The van der Waals surface area contributed by atoms with Gasteiger partial charge in [-0.15, -0.1) is 0 Å². The van der Waals surface area contributed by atoms with Gasteiger partial charge < -0.3 is 20.0 Å². The number of benzene rings is 1. The van der Waals surface area contributed by atoms with Gasteiger partial charge in [0.2, 0.25) is 5.91 Å². The molecule has 2 aromatic heterocycles. The van der Waals surface area contributed by atoms with E-state index in [2.05, 4.69) is 47.1 Å². The minimum atomic E-state index is -3.58. The minimum Gasteiger partial charge on any atom is -0.469 e. The number of methoxy groups -OCH3 is 1. The second kappa shape index (κ2) is 16.5. The van der Waals surface area contributed by atoms with Crippen LogP contribution in [0.1, 0.15) is 99.0 Å². The van der Waals surface area contributed by atoms with Crippen LogP contribution in [0.25, 0.3) is 18.2 Å². The lowest BCUT2D eigenvalue weighted by Gasteiger charge is -2.11. The summed E-state index contributed by atoms with van der Waals surface area (Å²) in [6, 6.07) is 6.79. The van der Waals surface area contributed by atoms with Crippen LogP contribution in [0.4, 0.5) is 0 Å². The summed E-state index contributed by atoms with van der Waals surface area (Å²) in [5.41, 5.74) is 9.19. The number of rotatable bonds is 14. The highest BCUT2D eigenvalue weighted by Gasteiger charge is 2.35. The second-order valence-corrected chi connectivity index (χ2v) is 16.4. The SMILES string of the molecule is CCCc1c(C)c(=CC2=NC(=O)C(C)=C2CCS(=O)(=O)c2ccc(C)cc2)[nH]/c1=C\c1[nH]c(/C=C2\NC(=O)C(CCC)C2C)c(C)c1CCC(=O)OC. The molecule has 0 radical (unpaired) electrons. The van der Waals surface area contributed by atoms with Crippen molar-refractivity contribution in [1.29, 1.82) is 0 Å². The molecule has 2 amide bonds. The molecule has 2 aliphatic heterocycles. The molecular weight excluding hydrogens is 689 g/mol. The number of H-pyrrole nitrogens is 2. The number of hydrogen-bond donors (Lipinski definition) is 3. The Morgan fingerprint density at radius 3 is 2.25 bits per heavy atom. The van der Waals surface area contributed by atoms with Crippen LogP contribution in [0.15, 0.2) is 51.0 Å². The molecule has 282 valence electrons. The van der Waals surface area contributed by atoms with Gasteiger partial charge in [0, 0.05) is 51.6 Å². The van der Waals surface area contributed by atoms with Crippen molar-refractivity contribution >= 4 is 51.6 Å². The number of amides is 2. The maximum atomic E-state index is 13.2. The van der Waals surface area contributed by atoms with Crippen molar-refractivity contribution in [2.24, 2.45) is 16.8 Å². The summed E-state index contributed by atoms with van der Waals surface area (Å²) in [6.45, 7) is 13.9. The number of aromatic nitrogens is 2. The third-order valence-electron chi connectivity index (χ3n) is 10.7. The number of ether oxygens (including phenoxy) is 1. The van der Waals surface area contributed by atoms with Crippen LogP contribution >= 0.6 is 0 Å². The molecule has 53 heavy (non-hydrogen) atoms. The van der Waals surface area contributed by atoms with Crippen LogP contribution in [0.5, 0.6) is 0 Å². The molecule has 11 heteroatoms. The summed E-state index contributed by atoms with van der Waals surface area (Å²) in [5, 5.41) is 4.76. The second-order valence-electron chi connectivity index (χ2n) is 14.3. The van der Waals surface area contributed by atoms with Crippen molar-refractivity contribution in [3.63, 3.8) is 0 Å². The van der Waals surface area contributed by atoms with Gasteiger partial charge in [-0.05, 0) is 112 Å². The zero-order valence-corrected chi connectivity index (χ0v) is 33.0. The first kappa shape index (κ1) is 39.4. The molecule has 0 saturated carbocycles.